The molecule has 3 heteroatoms. The van der Waals surface area contributed by atoms with Gasteiger partial charge in [0.25, 0.3) is 0 Å². The molecule has 0 bridgehead atoms. The molecule has 2 aromatic rings. The third-order valence-corrected chi connectivity index (χ3v) is 2.93. The molecular weight excluding hydrogens is 228 g/mol. The number of aromatic nitrogens is 1. The van der Waals surface area contributed by atoms with Gasteiger partial charge in [-0.2, -0.15) is 0 Å². The van der Waals surface area contributed by atoms with Gasteiger partial charge in [0.05, 0.1) is 5.69 Å². The predicted molar refractivity (Wildman–Crippen MR) is 75.3 cm³/mol. The van der Waals surface area contributed by atoms with Crippen LogP contribution in [0.3, 0.4) is 0 Å². The molecule has 17 heavy (non-hydrogen) atoms. The van der Waals surface area contributed by atoms with Crippen molar-refractivity contribution >= 4 is 17.2 Å². The smallest absolute Gasteiger partial charge is 0.120 e. The fourth-order valence-corrected chi connectivity index (χ4v) is 2.32. The molecule has 0 spiro atoms. The second-order valence-corrected chi connectivity index (χ2v) is 4.82. The van der Waals surface area contributed by atoms with Crippen molar-refractivity contribution in [3.63, 3.8) is 0 Å². The van der Waals surface area contributed by atoms with E-state index in [2.05, 4.69) is 36.6 Å². The van der Waals surface area contributed by atoms with E-state index < -0.39 is 0 Å². The van der Waals surface area contributed by atoms with Gasteiger partial charge in [-0.1, -0.05) is 41.5 Å². The first-order chi connectivity index (χ1) is 8.06. The average molecular weight is 244 g/mol. The highest BCUT2D eigenvalue weighted by molar-refractivity contribution is 7.80. The second-order valence-electron chi connectivity index (χ2n) is 4.38. The van der Waals surface area contributed by atoms with Crippen molar-refractivity contribution in [3.8, 4) is 0 Å². The van der Waals surface area contributed by atoms with E-state index in [-0.39, 0.29) is 0 Å². The van der Waals surface area contributed by atoms with Crippen molar-refractivity contribution in [2.75, 3.05) is 0 Å². The average Bonchev–Trinajstić information content (AvgIpc) is 2.63. The lowest BCUT2D eigenvalue weighted by Gasteiger charge is -2.09. The highest BCUT2D eigenvalue weighted by atomic mass is 32.1. The number of rotatable bonds is 3. The molecule has 2 N–H and O–H groups in total. The summed E-state index contributed by atoms with van der Waals surface area (Å²) >= 11 is 5.03. The zero-order valence-electron chi connectivity index (χ0n) is 10.1. The fraction of sp³-hybridized carbons (Fsp3) is 0.214. The van der Waals surface area contributed by atoms with Crippen LogP contribution in [-0.2, 0) is 6.54 Å². The third kappa shape index (κ3) is 2.74. The van der Waals surface area contributed by atoms with Gasteiger partial charge in [0, 0.05) is 12.7 Å². The summed E-state index contributed by atoms with van der Waals surface area (Å²) in [7, 11) is 0. The largest absolute Gasteiger partial charge is 0.388 e. The Balaban J connectivity index is 2.31. The quantitative estimate of drug-likeness (QED) is 0.842. The van der Waals surface area contributed by atoms with Gasteiger partial charge < -0.3 is 10.3 Å². The van der Waals surface area contributed by atoms with E-state index in [4.69, 9.17) is 18.0 Å². The van der Waals surface area contributed by atoms with Crippen molar-refractivity contribution in [1.82, 2.24) is 4.57 Å². The molecule has 0 fully saturated rings. The Morgan fingerprint density at radius 1 is 1.24 bits per heavy atom. The predicted octanol–water partition coefficient (Wildman–Crippen LogP) is 2.79. The molecule has 0 aliphatic rings. The van der Waals surface area contributed by atoms with E-state index >= 15 is 0 Å². The van der Waals surface area contributed by atoms with Crippen molar-refractivity contribution in [1.29, 1.82) is 0 Å². The van der Waals surface area contributed by atoms with Crippen molar-refractivity contribution in [3.05, 3.63) is 58.9 Å². The van der Waals surface area contributed by atoms with Crippen molar-refractivity contribution < 1.29 is 0 Å². The number of thiocarbonyl (C=S) groups is 1. The highest BCUT2D eigenvalue weighted by Crippen LogP contribution is 2.12. The maximum absolute atomic E-state index is 5.68. The summed E-state index contributed by atoms with van der Waals surface area (Å²) in [5, 5.41) is 0. The Morgan fingerprint density at radius 3 is 2.47 bits per heavy atom. The molecule has 0 aliphatic heterocycles. The molecule has 0 saturated carbocycles. The molecule has 0 unspecified atom stereocenters. The van der Waals surface area contributed by atoms with Gasteiger partial charge in [-0.25, -0.2) is 0 Å². The van der Waals surface area contributed by atoms with Crippen LogP contribution >= 0.6 is 12.2 Å². The van der Waals surface area contributed by atoms with Crippen LogP contribution in [0.25, 0.3) is 0 Å². The Morgan fingerprint density at radius 2 is 1.88 bits per heavy atom. The molecule has 0 aliphatic carbocycles. The summed E-state index contributed by atoms with van der Waals surface area (Å²) in [5.41, 5.74) is 10.4. The lowest BCUT2D eigenvalue weighted by molar-refractivity contribution is 0.797. The number of benzene rings is 1. The number of nitrogens with two attached hydrogens (primary N) is 1. The number of hydrogen-bond donors (Lipinski definition) is 1. The van der Waals surface area contributed by atoms with Gasteiger partial charge in [-0.15, -0.1) is 0 Å². The summed E-state index contributed by atoms with van der Waals surface area (Å²) in [6, 6.07) is 10.5. The zero-order chi connectivity index (χ0) is 12.4. The Hall–Kier alpha value is -1.61. The summed E-state index contributed by atoms with van der Waals surface area (Å²) < 4.78 is 2.08. The summed E-state index contributed by atoms with van der Waals surface area (Å²) in [4.78, 5) is 0.444. The molecular formula is C14H16N2S. The van der Waals surface area contributed by atoms with Crippen LogP contribution < -0.4 is 5.73 Å². The Bertz CT molecular complexity index is 535. The van der Waals surface area contributed by atoms with Gasteiger partial charge in [0.1, 0.15) is 4.99 Å². The van der Waals surface area contributed by atoms with E-state index in [0.29, 0.717) is 4.99 Å². The van der Waals surface area contributed by atoms with E-state index in [1.165, 1.54) is 16.7 Å². The van der Waals surface area contributed by atoms with Crippen LogP contribution in [0.1, 0.15) is 22.4 Å². The molecule has 0 amide bonds. The first-order valence-corrected chi connectivity index (χ1v) is 5.99. The maximum atomic E-state index is 5.68. The lowest BCUT2D eigenvalue weighted by Crippen LogP contribution is -2.15. The highest BCUT2D eigenvalue weighted by Gasteiger charge is 2.04. The molecule has 1 heterocycles. The second kappa shape index (κ2) is 4.72. The molecule has 88 valence electrons. The molecule has 2 rings (SSSR count). The first kappa shape index (κ1) is 11.9. The molecule has 0 radical (unpaired) electrons. The van der Waals surface area contributed by atoms with Crippen LogP contribution in [0, 0.1) is 13.8 Å². The van der Waals surface area contributed by atoms with Gasteiger partial charge in [0.2, 0.25) is 0 Å². The summed E-state index contributed by atoms with van der Waals surface area (Å²) in [6.45, 7) is 5.03. The Kier molecular flexibility index (Phi) is 3.29. The van der Waals surface area contributed by atoms with E-state index in [1.54, 1.807) is 0 Å². The molecule has 1 aromatic carbocycles. The van der Waals surface area contributed by atoms with Gasteiger partial charge in [-0.3, -0.25) is 0 Å². The van der Waals surface area contributed by atoms with Crippen LogP contribution in [0.2, 0.25) is 0 Å². The fourth-order valence-electron chi connectivity index (χ4n) is 2.13. The van der Waals surface area contributed by atoms with Crippen molar-refractivity contribution in [2.24, 2.45) is 5.73 Å². The normalized spacial score (nSPS) is 10.5. The zero-order valence-corrected chi connectivity index (χ0v) is 10.9. The number of hydrogen-bond acceptors (Lipinski definition) is 1. The minimum absolute atomic E-state index is 0.444. The topological polar surface area (TPSA) is 30.9 Å². The molecule has 0 saturated heterocycles. The van der Waals surface area contributed by atoms with Crippen molar-refractivity contribution in [2.45, 2.75) is 20.4 Å². The molecule has 0 atom stereocenters. The van der Waals surface area contributed by atoms with E-state index in [9.17, 15) is 0 Å². The summed E-state index contributed by atoms with van der Waals surface area (Å²) in [5.74, 6) is 0. The van der Waals surface area contributed by atoms with Crippen LogP contribution in [0.4, 0.5) is 0 Å². The van der Waals surface area contributed by atoms with Crippen LogP contribution in [0.5, 0.6) is 0 Å². The summed E-state index contributed by atoms with van der Waals surface area (Å²) in [6.07, 6.45) is 2.01. The van der Waals surface area contributed by atoms with Gasteiger partial charge in [-0.05, 0) is 31.5 Å². The third-order valence-electron chi connectivity index (χ3n) is 2.72. The maximum Gasteiger partial charge on any atom is 0.120 e. The SMILES string of the molecule is Cc1cc(C)cc(Cn2cccc2C(N)=S)c1. The number of aryl methyl sites for hydroxylation is 2. The standard InChI is InChI=1S/C14H16N2S/c1-10-6-11(2)8-12(7-10)9-16-5-3-4-13(16)14(15)17/h3-8H,9H2,1-2H3,(H2,15,17). The monoisotopic (exact) mass is 244 g/mol. The molecule has 2 nitrogen and oxygen atoms in total. The van der Waals surface area contributed by atoms with E-state index in [0.717, 1.165) is 12.2 Å². The molecule has 1 aromatic heterocycles. The van der Waals surface area contributed by atoms with Gasteiger partial charge >= 0.3 is 0 Å². The first-order valence-electron chi connectivity index (χ1n) is 5.58. The lowest BCUT2D eigenvalue weighted by atomic mass is 10.1. The minimum Gasteiger partial charge on any atom is -0.388 e. The van der Waals surface area contributed by atoms with E-state index in [1.807, 2.05) is 18.3 Å². The number of nitrogens with zero attached hydrogens (tertiary/aromatic N) is 1. The Labute approximate surface area is 107 Å². The minimum atomic E-state index is 0.444. The van der Waals surface area contributed by atoms with Crippen LogP contribution in [0.15, 0.2) is 36.5 Å². The van der Waals surface area contributed by atoms with Crippen LogP contribution in [-0.4, -0.2) is 9.56 Å². The van der Waals surface area contributed by atoms with Gasteiger partial charge in [0.15, 0.2) is 0 Å².